The number of ketones is 1. The molecule has 1 unspecified atom stereocenters. The Morgan fingerprint density at radius 3 is 2.77 bits per heavy atom. The Morgan fingerprint density at radius 1 is 1.27 bits per heavy atom. The van der Waals surface area contributed by atoms with E-state index in [1.165, 1.54) is 9.78 Å². The van der Waals surface area contributed by atoms with Crippen molar-refractivity contribution >= 4 is 28.0 Å². The quantitative estimate of drug-likeness (QED) is 0.698. The molecule has 114 valence electrons. The van der Waals surface area contributed by atoms with E-state index < -0.39 is 0 Å². The first-order valence-electron chi connectivity index (χ1n) is 7.54. The van der Waals surface area contributed by atoms with Crippen molar-refractivity contribution in [2.24, 2.45) is 0 Å². The summed E-state index contributed by atoms with van der Waals surface area (Å²) in [7, 11) is 2.09. The number of carbonyl (C=O) groups excluding carboxylic acids is 1. The van der Waals surface area contributed by atoms with Gasteiger partial charge in [-0.2, -0.15) is 0 Å². The third kappa shape index (κ3) is 2.72. The van der Waals surface area contributed by atoms with Gasteiger partial charge < -0.3 is 9.88 Å². The fraction of sp³-hybridized carbons (Fsp3) is 0.278. The first kappa shape index (κ1) is 15.0. The highest BCUT2D eigenvalue weighted by Crippen LogP contribution is 2.22. The van der Waals surface area contributed by atoms with Crippen LogP contribution in [0.1, 0.15) is 27.9 Å². The first-order valence-corrected chi connectivity index (χ1v) is 8.42. The van der Waals surface area contributed by atoms with Crippen molar-refractivity contribution in [2.45, 2.75) is 26.4 Å². The maximum absolute atomic E-state index is 13.0. The molecule has 3 rings (SSSR count). The van der Waals surface area contributed by atoms with Crippen LogP contribution in [0.3, 0.4) is 0 Å². The third-order valence-electron chi connectivity index (χ3n) is 4.31. The number of H-pyrrole nitrogens is 1. The third-order valence-corrected chi connectivity index (χ3v) is 5.18. The number of para-hydroxylation sites is 1. The summed E-state index contributed by atoms with van der Waals surface area (Å²) >= 11 is 1.75. The number of hydrogen-bond donors (Lipinski definition) is 2. The zero-order valence-electron chi connectivity index (χ0n) is 13.1. The van der Waals surface area contributed by atoms with Gasteiger partial charge in [-0.1, -0.05) is 24.3 Å². The Morgan fingerprint density at radius 2 is 2.05 bits per heavy atom. The Balaban J connectivity index is 1.87. The van der Waals surface area contributed by atoms with Crippen molar-refractivity contribution in [1.29, 1.82) is 0 Å². The van der Waals surface area contributed by atoms with Crippen LogP contribution in [0, 0.1) is 6.92 Å². The Kier molecular flexibility index (Phi) is 4.14. The van der Waals surface area contributed by atoms with Crippen molar-refractivity contribution in [3.63, 3.8) is 0 Å². The molecule has 2 aromatic heterocycles. The molecule has 0 aliphatic carbocycles. The van der Waals surface area contributed by atoms with E-state index in [9.17, 15) is 4.79 Å². The number of fused-ring (bicyclic) bond motifs is 1. The molecule has 3 nitrogen and oxygen atoms in total. The number of thiophene rings is 1. The summed E-state index contributed by atoms with van der Waals surface area (Å²) in [6.45, 7) is 4.88. The predicted molar refractivity (Wildman–Crippen MR) is 91.7 cm³/mol. The van der Waals surface area contributed by atoms with Crippen LogP contribution >= 0.6 is 11.3 Å². The molecule has 0 bridgehead atoms. The molecule has 1 aromatic carbocycles. The lowest BCUT2D eigenvalue weighted by atomic mass is 10.0. The second-order valence-corrected chi connectivity index (χ2v) is 6.89. The van der Waals surface area contributed by atoms with E-state index in [2.05, 4.69) is 29.5 Å². The lowest BCUT2D eigenvalue weighted by Crippen LogP contribution is -3.12. The van der Waals surface area contributed by atoms with E-state index in [4.69, 9.17) is 0 Å². The van der Waals surface area contributed by atoms with Gasteiger partial charge >= 0.3 is 0 Å². The Hall–Kier alpha value is -1.91. The van der Waals surface area contributed by atoms with Gasteiger partial charge in [-0.05, 0) is 31.4 Å². The van der Waals surface area contributed by atoms with E-state index in [1.54, 1.807) is 11.3 Å². The maximum atomic E-state index is 13.0. The van der Waals surface area contributed by atoms with E-state index in [0.29, 0.717) is 0 Å². The van der Waals surface area contributed by atoms with E-state index in [0.717, 1.165) is 28.7 Å². The van der Waals surface area contributed by atoms with Gasteiger partial charge in [0.15, 0.2) is 0 Å². The molecule has 2 heterocycles. The summed E-state index contributed by atoms with van der Waals surface area (Å²) in [5, 5.41) is 3.11. The molecule has 0 radical (unpaired) electrons. The van der Waals surface area contributed by atoms with Gasteiger partial charge in [-0.25, -0.2) is 0 Å². The van der Waals surface area contributed by atoms with Crippen LogP contribution in [0.15, 0.2) is 41.8 Å². The molecule has 0 saturated carbocycles. The summed E-state index contributed by atoms with van der Waals surface area (Å²) in [6, 6.07) is 12.1. The second kappa shape index (κ2) is 6.07. The number of aryl methyl sites for hydroxylation is 1. The standard InChI is InChI=1S/C18H20N2OS/c1-12-17(15-8-4-5-9-16(15)19-12)18(21)13(2)20(3)11-14-7-6-10-22-14/h4-10,13,19H,11H2,1-3H3/p+1/t13-/m1/s1. The number of rotatable bonds is 5. The molecule has 0 aliphatic rings. The Labute approximate surface area is 134 Å². The summed E-state index contributed by atoms with van der Waals surface area (Å²) in [5.74, 6) is 0.212. The van der Waals surface area contributed by atoms with Gasteiger partial charge in [0.2, 0.25) is 5.78 Å². The molecule has 2 atom stereocenters. The lowest BCUT2D eigenvalue weighted by Gasteiger charge is -2.20. The zero-order valence-corrected chi connectivity index (χ0v) is 14.0. The molecule has 0 saturated heterocycles. The van der Waals surface area contributed by atoms with Crippen LogP contribution in [0.25, 0.3) is 10.9 Å². The molecule has 4 heteroatoms. The van der Waals surface area contributed by atoms with Crippen LogP contribution in [0.2, 0.25) is 0 Å². The first-order chi connectivity index (χ1) is 10.6. The molecule has 22 heavy (non-hydrogen) atoms. The van der Waals surface area contributed by atoms with Gasteiger partial charge in [0.05, 0.1) is 17.5 Å². The van der Waals surface area contributed by atoms with E-state index in [-0.39, 0.29) is 11.8 Å². The number of likely N-dealkylation sites (N-methyl/N-ethyl adjacent to an activating group) is 1. The smallest absolute Gasteiger partial charge is 0.222 e. The topological polar surface area (TPSA) is 37.3 Å². The fourth-order valence-electron chi connectivity index (χ4n) is 2.88. The lowest BCUT2D eigenvalue weighted by molar-refractivity contribution is -0.907. The van der Waals surface area contributed by atoms with Gasteiger partial charge in [-0.15, -0.1) is 11.3 Å². The van der Waals surface area contributed by atoms with Crippen molar-refractivity contribution in [3.05, 3.63) is 57.9 Å². The highest BCUT2D eigenvalue weighted by atomic mass is 32.1. The largest absolute Gasteiger partial charge is 0.358 e. The van der Waals surface area contributed by atoms with Crippen molar-refractivity contribution < 1.29 is 9.69 Å². The minimum Gasteiger partial charge on any atom is -0.358 e. The highest BCUT2D eigenvalue weighted by molar-refractivity contribution is 7.09. The average Bonchev–Trinajstić information content (AvgIpc) is 3.12. The number of quaternary nitrogens is 1. The summed E-state index contributed by atoms with van der Waals surface area (Å²) in [4.78, 5) is 18.8. The molecule has 0 spiro atoms. The van der Waals surface area contributed by atoms with Crippen LogP contribution in [0.4, 0.5) is 0 Å². The number of aromatic amines is 1. The molecule has 3 aromatic rings. The van der Waals surface area contributed by atoms with Crippen molar-refractivity contribution in [1.82, 2.24) is 4.98 Å². The minimum absolute atomic E-state index is 0.0694. The number of aromatic nitrogens is 1. The monoisotopic (exact) mass is 313 g/mol. The normalized spacial score (nSPS) is 14.1. The van der Waals surface area contributed by atoms with Gasteiger partial charge in [0, 0.05) is 16.6 Å². The number of carbonyl (C=O) groups is 1. The zero-order chi connectivity index (χ0) is 15.7. The minimum atomic E-state index is -0.0694. The van der Waals surface area contributed by atoms with Crippen LogP contribution in [-0.2, 0) is 6.54 Å². The van der Waals surface area contributed by atoms with E-state index in [1.807, 2.05) is 38.1 Å². The SMILES string of the molecule is Cc1[nH]c2ccccc2c1C(=O)[C@@H](C)[NH+](C)Cc1cccs1. The van der Waals surface area contributed by atoms with Crippen LogP contribution in [0.5, 0.6) is 0 Å². The summed E-state index contributed by atoms with van der Waals surface area (Å²) < 4.78 is 0. The molecular formula is C18H21N2OS+. The molecular weight excluding hydrogens is 292 g/mol. The molecule has 2 N–H and O–H groups in total. The van der Waals surface area contributed by atoms with Crippen molar-refractivity contribution in [3.8, 4) is 0 Å². The molecule has 0 fully saturated rings. The van der Waals surface area contributed by atoms with Crippen LogP contribution in [-0.4, -0.2) is 23.9 Å². The average molecular weight is 313 g/mol. The molecule has 0 amide bonds. The van der Waals surface area contributed by atoms with Gasteiger partial charge in [-0.3, -0.25) is 4.79 Å². The number of hydrogen-bond acceptors (Lipinski definition) is 2. The highest BCUT2D eigenvalue weighted by Gasteiger charge is 2.27. The second-order valence-electron chi connectivity index (χ2n) is 5.86. The Bertz CT molecular complexity index is 789. The maximum Gasteiger partial charge on any atom is 0.222 e. The summed E-state index contributed by atoms with van der Waals surface area (Å²) in [6.07, 6.45) is 0. The fourth-order valence-corrected chi connectivity index (χ4v) is 3.68. The molecule has 0 aliphatic heterocycles. The van der Waals surface area contributed by atoms with Gasteiger partial charge in [0.1, 0.15) is 12.6 Å². The summed E-state index contributed by atoms with van der Waals surface area (Å²) in [5.41, 5.74) is 2.84. The number of nitrogens with one attached hydrogen (secondary N) is 2. The van der Waals surface area contributed by atoms with Gasteiger partial charge in [0.25, 0.3) is 0 Å². The van der Waals surface area contributed by atoms with E-state index >= 15 is 0 Å². The van der Waals surface area contributed by atoms with Crippen molar-refractivity contribution in [2.75, 3.05) is 7.05 Å². The number of benzene rings is 1. The van der Waals surface area contributed by atoms with Crippen LogP contribution < -0.4 is 4.90 Å². The predicted octanol–water partition coefficient (Wildman–Crippen LogP) is 2.82. The number of Topliss-reactive ketones (excluding diaryl/α,β-unsaturated/α-hetero) is 1.